The Morgan fingerprint density at radius 3 is 1.75 bits per heavy atom. The number of carbonyl (C=O) groups excluding carboxylic acids is 2. The SMILES string of the molecule is C=C(C)C(=O)OCCCCCCCCCCCN(CC)c1ccc(/N=N/c2ccc(C(=O)C(F)(F)F)cc2)cc1. The molecule has 40 heavy (non-hydrogen) atoms. The standard InChI is InChI=1S/C31H40F3N3O3/c1-4-37(22-12-10-8-6-5-7-9-11-13-23-40-30(39)24(2)3)28-20-18-27(19-21-28)36-35-26-16-14-25(15-17-26)29(38)31(32,33)34/h14-21H,2,4-13,22-23H2,1,3H3/b36-35+. The van der Waals surface area contributed by atoms with E-state index >= 15 is 0 Å². The van der Waals surface area contributed by atoms with E-state index in [1.165, 1.54) is 50.7 Å². The van der Waals surface area contributed by atoms with E-state index in [1.54, 1.807) is 6.92 Å². The minimum atomic E-state index is -4.90. The molecule has 0 aliphatic heterocycles. The Kier molecular flexibility index (Phi) is 14.1. The molecule has 0 amide bonds. The van der Waals surface area contributed by atoms with Gasteiger partial charge < -0.3 is 9.64 Å². The molecule has 0 bridgehead atoms. The first-order valence-electron chi connectivity index (χ1n) is 13.9. The molecule has 2 rings (SSSR count). The van der Waals surface area contributed by atoms with Crippen molar-refractivity contribution in [1.29, 1.82) is 0 Å². The molecular formula is C31H40F3N3O3. The molecule has 218 valence electrons. The van der Waals surface area contributed by atoms with Crippen molar-refractivity contribution in [3.05, 3.63) is 66.2 Å². The average molecular weight is 560 g/mol. The number of unbranched alkanes of at least 4 members (excludes halogenated alkanes) is 8. The van der Waals surface area contributed by atoms with Gasteiger partial charge in [0.15, 0.2) is 0 Å². The van der Waals surface area contributed by atoms with Crippen LogP contribution in [0.4, 0.5) is 30.2 Å². The Hall–Kier alpha value is -3.49. The van der Waals surface area contributed by atoms with Crippen molar-refractivity contribution in [2.45, 2.75) is 77.8 Å². The van der Waals surface area contributed by atoms with Gasteiger partial charge >= 0.3 is 12.1 Å². The van der Waals surface area contributed by atoms with Crippen LogP contribution in [0, 0.1) is 0 Å². The van der Waals surface area contributed by atoms with Crippen LogP contribution < -0.4 is 4.90 Å². The summed E-state index contributed by atoms with van der Waals surface area (Å²) in [4.78, 5) is 24.9. The van der Waals surface area contributed by atoms with Crippen LogP contribution >= 0.6 is 0 Å². The van der Waals surface area contributed by atoms with Crippen LogP contribution in [0.2, 0.25) is 0 Å². The van der Waals surface area contributed by atoms with Gasteiger partial charge in [-0.15, -0.1) is 0 Å². The third-order valence-electron chi connectivity index (χ3n) is 6.42. The first kappa shape index (κ1) is 32.7. The van der Waals surface area contributed by atoms with Crippen molar-refractivity contribution < 1.29 is 27.5 Å². The van der Waals surface area contributed by atoms with Gasteiger partial charge in [-0.05, 0) is 75.2 Å². The molecule has 0 aromatic heterocycles. The number of hydrogen-bond donors (Lipinski definition) is 0. The number of rotatable bonds is 18. The Bertz CT molecular complexity index is 1100. The zero-order valence-electron chi connectivity index (χ0n) is 23.5. The van der Waals surface area contributed by atoms with E-state index in [0.717, 1.165) is 50.2 Å². The minimum absolute atomic E-state index is 0.307. The van der Waals surface area contributed by atoms with Gasteiger partial charge in [0.05, 0.1) is 18.0 Å². The van der Waals surface area contributed by atoms with Gasteiger partial charge in [-0.2, -0.15) is 23.4 Å². The highest BCUT2D eigenvalue weighted by molar-refractivity contribution is 6.00. The van der Waals surface area contributed by atoms with Crippen LogP contribution in [-0.2, 0) is 9.53 Å². The summed E-state index contributed by atoms with van der Waals surface area (Å²) in [5.74, 6) is -2.19. The molecule has 2 aromatic rings. The van der Waals surface area contributed by atoms with Gasteiger partial charge in [-0.3, -0.25) is 4.79 Å². The predicted octanol–water partition coefficient (Wildman–Crippen LogP) is 9.30. The summed E-state index contributed by atoms with van der Waals surface area (Å²) in [6.07, 6.45) is 5.45. The van der Waals surface area contributed by atoms with Crippen molar-refractivity contribution in [3.8, 4) is 0 Å². The van der Waals surface area contributed by atoms with Gasteiger partial charge in [-0.1, -0.05) is 51.5 Å². The zero-order chi connectivity index (χ0) is 29.4. The number of Topliss-reactive ketones (excluding diaryl/α,β-unsaturated/α-hetero) is 1. The summed E-state index contributed by atoms with van der Waals surface area (Å²) in [5, 5.41) is 8.20. The van der Waals surface area contributed by atoms with Crippen LogP contribution in [0.3, 0.4) is 0 Å². The van der Waals surface area contributed by atoms with Crippen LogP contribution in [-0.4, -0.2) is 37.6 Å². The van der Waals surface area contributed by atoms with E-state index in [1.807, 2.05) is 24.3 Å². The van der Waals surface area contributed by atoms with E-state index < -0.39 is 17.5 Å². The Labute approximate surface area is 235 Å². The number of benzene rings is 2. The second-order valence-corrected chi connectivity index (χ2v) is 9.77. The first-order valence-corrected chi connectivity index (χ1v) is 13.9. The fourth-order valence-electron chi connectivity index (χ4n) is 4.09. The lowest BCUT2D eigenvalue weighted by molar-refractivity contribution is -0.139. The number of esters is 1. The second kappa shape index (κ2) is 17.3. The van der Waals surface area contributed by atoms with Crippen molar-refractivity contribution in [3.63, 3.8) is 0 Å². The molecule has 2 aromatic carbocycles. The second-order valence-electron chi connectivity index (χ2n) is 9.77. The largest absolute Gasteiger partial charge is 0.462 e. The number of nitrogens with zero attached hydrogens (tertiary/aromatic N) is 3. The van der Waals surface area contributed by atoms with E-state index in [4.69, 9.17) is 4.74 Å². The molecule has 0 unspecified atom stereocenters. The maximum atomic E-state index is 12.5. The summed E-state index contributed by atoms with van der Waals surface area (Å²) >= 11 is 0. The van der Waals surface area contributed by atoms with Gasteiger partial charge in [0.1, 0.15) is 0 Å². The number of alkyl halides is 3. The summed E-state index contributed by atoms with van der Waals surface area (Å²) < 4.78 is 42.7. The molecule has 0 atom stereocenters. The Balaban J connectivity index is 1.64. The zero-order valence-corrected chi connectivity index (χ0v) is 23.5. The highest BCUT2D eigenvalue weighted by Crippen LogP contribution is 2.25. The third kappa shape index (κ3) is 12.1. The van der Waals surface area contributed by atoms with Crippen LogP contribution in [0.25, 0.3) is 0 Å². The lowest BCUT2D eigenvalue weighted by atomic mass is 10.1. The molecule has 0 saturated heterocycles. The number of azo groups is 1. The molecule has 0 spiro atoms. The average Bonchev–Trinajstić information content (AvgIpc) is 2.94. The molecule has 0 aliphatic carbocycles. The monoisotopic (exact) mass is 559 g/mol. The van der Waals surface area contributed by atoms with Crippen LogP contribution in [0.1, 0.15) is 82.0 Å². The highest BCUT2D eigenvalue weighted by Gasteiger charge is 2.39. The van der Waals surface area contributed by atoms with E-state index in [-0.39, 0.29) is 5.97 Å². The summed E-state index contributed by atoms with van der Waals surface area (Å²) in [6, 6.07) is 12.6. The molecule has 0 saturated carbocycles. The summed E-state index contributed by atoms with van der Waals surface area (Å²) in [5.41, 5.74) is 2.11. The first-order chi connectivity index (χ1) is 19.1. The number of hydrogen-bond acceptors (Lipinski definition) is 6. The van der Waals surface area contributed by atoms with Crippen LogP contribution in [0.15, 0.2) is 70.9 Å². The number of ether oxygens (including phenoxy) is 1. The predicted molar refractivity (Wildman–Crippen MR) is 153 cm³/mol. The summed E-state index contributed by atoms with van der Waals surface area (Å²) in [7, 11) is 0. The molecule has 6 nitrogen and oxygen atoms in total. The minimum Gasteiger partial charge on any atom is -0.462 e. The van der Waals surface area contributed by atoms with E-state index in [0.29, 0.717) is 23.6 Å². The molecule has 0 N–H and O–H groups in total. The normalized spacial score (nSPS) is 11.5. The molecule has 0 radical (unpaired) electrons. The Morgan fingerprint density at radius 1 is 0.800 bits per heavy atom. The van der Waals surface area contributed by atoms with Gasteiger partial charge in [0, 0.05) is 29.9 Å². The van der Waals surface area contributed by atoms with Crippen LogP contribution in [0.5, 0.6) is 0 Å². The van der Waals surface area contributed by atoms with E-state index in [9.17, 15) is 22.8 Å². The fourth-order valence-corrected chi connectivity index (χ4v) is 4.09. The third-order valence-corrected chi connectivity index (χ3v) is 6.42. The fraction of sp³-hybridized carbons (Fsp3) is 0.484. The van der Waals surface area contributed by atoms with Crippen molar-refractivity contribution in [1.82, 2.24) is 0 Å². The smallest absolute Gasteiger partial charge is 0.454 e. The van der Waals surface area contributed by atoms with Crippen molar-refractivity contribution >= 4 is 28.8 Å². The maximum Gasteiger partial charge on any atom is 0.454 e. The topological polar surface area (TPSA) is 71.3 Å². The Morgan fingerprint density at radius 2 is 1.27 bits per heavy atom. The van der Waals surface area contributed by atoms with Gasteiger partial charge in [0.2, 0.25) is 0 Å². The van der Waals surface area contributed by atoms with Crippen molar-refractivity contribution in [2.24, 2.45) is 10.2 Å². The molecule has 9 heteroatoms. The van der Waals surface area contributed by atoms with Gasteiger partial charge in [-0.25, -0.2) is 4.79 Å². The van der Waals surface area contributed by atoms with Crippen molar-refractivity contribution in [2.75, 3.05) is 24.6 Å². The lowest BCUT2D eigenvalue weighted by Gasteiger charge is -2.23. The number of carbonyl (C=O) groups is 2. The quantitative estimate of drug-likeness (QED) is 0.0600. The molecule has 0 aliphatic rings. The summed E-state index contributed by atoms with van der Waals surface area (Å²) in [6.45, 7) is 9.70. The van der Waals surface area contributed by atoms with Gasteiger partial charge in [0.25, 0.3) is 5.78 Å². The maximum absolute atomic E-state index is 12.5. The highest BCUT2D eigenvalue weighted by atomic mass is 19.4. The molecular weight excluding hydrogens is 519 g/mol. The number of halogens is 3. The van der Waals surface area contributed by atoms with E-state index in [2.05, 4.69) is 28.6 Å². The molecule has 0 fully saturated rings. The molecule has 0 heterocycles. The number of ketones is 1. The lowest BCUT2D eigenvalue weighted by Crippen LogP contribution is -2.23. The number of anilines is 1.